The van der Waals surface area contributed by atoms with Crippen LogP contribution in [0.2, 0.25) is 0 Å². The van der Waals surface area contributed by atoms with Crippen molar-refractivity contribution in [1.82, 2.24) is 4.98 Å². The van der Waals surface area contributed by atoms with E-state index in [9.17, 15) is 10.1 Å². The number of rotatable bonds is 6. The lowest BCUT2D eigenvalue weighted by Crippen LogP contribution is -1.88. The average Bonchev–Trinajstić information content (AvgIpc) is 3.22. The van der Waals surface area contributed by atoms with E-state index in [2.05, 4.69) is 20.9 Å². The zero-order valence-electron chi connectivity index (χ0n) is 16.4. The smallest absolute Gasteiger partial charge is 0.269 e. The Labute approximate surface area is 191 Å². The molecular weight excluding hydrogens is 478 g/mol. The zero-order valence-corrected chi connectivity index (χ0v) is 18.8. The normalized spacial score (nSPS) is 11.0. The van der Waals surface area contributed by atoms with Gasteiger partial charge in [-0.05, 0) is 59.7 Å². The SMILES string of the molecule is COc1ccc(-c2nc(N=Cc3cccc(Br)c3)sc2-c2ccc([N+](=O)[O-])cc2)cc1. The van der Waals surface area contributed by atoms with E-state index in [-0.39, 0.29) is 5.69 Å². The Balaban J connectivity index is 1.76. The largest absolute Gasteiger partial charge is 0.497 e. The third-order valence-corrected chi connectivity index (χ3v) is 6.00. The van der Waals surface area contributed by atoms with Gasteiger partial charge in [-0.2, -0.15) is 0 Å². The van der Waals surface area contributed by atoms with Crippen LogP contribution in [0, 0.1) is 10.1 Å². The Morgan fingerprint density at radius 1 is 1.06 bits per heavy atom. The van der Waals surface area contributed by atoms with Crippen LogP contribution in [0.1, 0.15) is 5.56 Å². The molecule has 0 amide bonds. The van der Waals surface area contributed by atoms with E-state index in [1.807, 2.05) is 48.5 Å². The van der Waals surface area contributed by atoms with Crippen LogP contribution in [0.5, 0.6) is 5.75 Å². The molecule has 8 heteroatoms. The van der Waals surface area contributed by atoms with Crippen molar-refractivity contribution in [1.29, 1.82) is 0 Å². The maximum absolute atomic E-state index is 11.0. The maximum atomic E-state index is 11.0. The van der Waals surface area contributed by atoms with Crippen molar-refractivity contribution in [2.24, 2.45) is 4.99 Å². The third-order valence-electron chi connectivity index (χ3n) is 4.49. The first-order valence-electron chi connectivity index (χ1n) is 9.23. The number of benzene rings is 3. The topological polar surface area (TPSA) is 77.6 Å². The number of halogens is 1. The molecule has 6 nitrogen and oxygen atoms in total. The summed E-state index contributed by atoms with van der Waals surface area (Å²) in [6.07, 6.45) is 1.76. The Morgan fingerprint density at radius 2 is 1.77 bits per heavy atom. The summed E-state index contributed by atoms with van der Waals surface area (Å²) >= 11 is 4.89. The highest BCUT2D eigenvalue weighted by molar-refractivity contribution is 9.10. The molecule has 0 saturated heterocycles. The summed E-state index contributed by atoms with van der Waals surface area (Å²) in [6, 6.07) is 21.9. The molecule has 0 N–H and O–H groups in total. The van der Waals surface area contributed by atoms with E-state index in [0.717, 1.165) is 37.5 Å². The van der Waals surface area contributed by atoms with Crippen LogP contribution in [-0.4, -0.2) is 23.2 Å². The molecule has 4 aromatic rings. The predicted octanol–water partition coefficient (Wildman–Crippen LogP) is 6.91. The van der Waals surface area contributed by atoms with Crippen LogP contribution in [0.4, 0.5) is 10.8 Å². The first kappa shape index (κ1) is 20.9. The number of hydrogen-bond donors (Lipinski definition) is 0. The van der Waals surface area contributed by atoms with E-state index >= 15 is 0 Å². The van der Waals surface area contributed by atoms with Crippen LogP contribution >= 0.6 is 27.3 Å². The standard InChI is InChI=1S/C23H16BrN3O3S/c1-30-20-11-7-16(8-12-20)21-22(17-5-9-19(10-6-17)27(28)29)31-23(26-21)25-14-15-3-2-4-18(24)13-15/h2-14H,1H3. The van der Waals surface area contributed by atoms with E-state index in [1.165, 1.54) is 23.5 Å². The lowest BCUT2D eigenvalue weighted by Gasteiger charge is -2.04. The van der Waals surface area contributed by atoms with Crippen molar-refractivity contribution in [3.63, 3.8) is 0 Å². The summed E-state index contributed by atoms with van der Waals surface area (Å²) in [5.74, 6) is 0.753. The highest BCUT2D eigenvalue weighted by Crippen LogP contribution is 2.40. The van der Waals surface area contributed by atoms with Gasteiger partial charge in [-0.1, -0.05) is 39.4 Å². The Bertz CT molecular complexity index is 1250. The van der Waals surface area contributed by atoms with E-state index in [1.54, 1.807) is 25.5 Å². The highest BCUT2D eigenvalue weighted by Gasteiger charge is 2.16. The van der Waals surface area contributed by atoms with Gasteiger partial charge in [0.1, 0.15) is 5.75 Å². The fourth-order valence-electron chi connectivity index (χ4n) is 2.96. The minimum atomic E-state index is -0.408. The molecule has 0 aliphatic heterocycles. The number of hydrogen-bond acceptors (Lipinski definition) is 6. The van der Waals surface area contributed by atoms with Gasteiger partial charge in [0.15, 0.2) is 0 Å². The first-order chi connectivity index (χ1) is 15.0. The second kappa shape index (κ2) is 9.20. The summed E-state index contributed by atoms with van der Waals surface area (Å²) in [7, 11) is 1.62. The number of nitrogens with zero attached hydrogens (tertiary/aromatic N) is 3. The quantitative estimate of drug-likeness (QED) is 0.166. The Kier molecular flexibility index (Phi) is 6.20. The summed E-state index contributed by atoms with van der Waals surface area (Å²) in [4.78, 5) is 20.8. The maximum Gasteiger partial charge on any atom is 0.269 e. The molecule has 1 aromatic heterocycles. The van der Waals surface area contributed by atoms with Gasteiger partial charge in [0.25, 0.3) is 5.69 Å². The van der Waals surface area contributed by atoms with Gasteiger partial charge in [-0.3, -0.25) is 10.1 Å². The van der Waals surface area contributed by atoms with Gasteiger partial charge < -0.3 is 4.74 Å². The molecule has 4 rings (SSSR count). The van der Waals surface area contributed by atoms with Gasteiger partial charge in [0, 0.05) is 28.4 Å². The van der Waals surface area contributed by atoms with Gasteiger partial charge in [0.05, 0.1) is 22.6 Å². The molecule has 154 valence electrons. The Hall–Kier alpha value is -3.36. The monoisotopic (exact) mass is 493 g/mol. The fourth-order valence-corrected chi connectivity index (χ4v) is 4.31. The van der Waals surface area contributed by atoms with Crippen molar-refractivity contribution in [2.75, 3.05) is 7.11 Å². The molecular formula is C23H16BrN3O3S. The number of ether oxygens (including phenoxy) is 1. The number of aromatic nitrogens is 1. The molecule has 0 spiro atoms. The highest BCUT2D eigenvalue weighted by atomic mass is 79.9. The van der Waals surface area contributed by atoms with Gasteiger partial charge >= 0.3 is 0 Å². The molecule has 0 unspecified atom stereocenters. The summed E-state index contributed by atoms with van der Waals surface area (Å²) in [5.41, 5.74) is 3.52. The molecule has 31 heavy (non-hydrogen) atoms. The van der Waals surface area contributed by atoms with E-state index in [0.29, 0.717) is 5.13 Å². The minimum absolute atomic E-state index is 0.0483. The molecule has 3 aromatic carbocycles. The number of methoxy groups -OCH3 is 1. The molecule has 0 radical (unpaired) electrons. The first-order valence-corrected chi connectivity index (χ1v) is 10.8. The molecule has 0 aliphatic carbocycles. The van der Waals surface area contributed by atoms with Gasteiger partial charge in [0.2, 0.25) is 5.13 Å². The lowest BCUT2D eigenvalue weighted by atomic mass is 10.1. The molecule has 0 fully saturated rings. The number of non-ortho nitro benzene ring substituents is 1. The third kappa shape index (κ3) is 4.87. The van der Waals surface area contributed by atoms with Crippen molar-refractivity contribution >= 4 is 44.3 Å². The van der Waals surface area contributed by atoms with E-state index in [4.69, 9.17) is 9.72 Å². The summed E-state index contributed by atoms with van der Waals surface area (Å²) in [5, 5.41) is 11.6. The van der Waals surface area contributed by atoms with Crippen molar-refractivity contribution in [3.05, 3.63) is 92.9 Å². The molecule has 1 heterocycles. The van der Waals surface area contributed by atoms with Gasteiger partial charge in [-0.25, -0.2) is 9.98 Å². The van der Waals surface area contributed by atoms with Crippen LogP contribution in [0.25, 0.3) is 21.7 Å². The molecule has 0 atom stereocenters. The number of nitro groups is 1. The predicted molar refractivity (Wildman–Crippen MR) is 128 cm³/mol. The van der Waals surface area contributed by atoms with Crippen molar-refractivity contribution in [2.45, 2.75) is 0 Å². The zero-order chi connectivity index (χ0) is 21.8. The minimum Gasteiger partial charge on any atom is -0.497 e. The Morgan fingerprint density at radius 3 is 2.42 bits per heavy atom. The van der Waals surface area contributed by atoms with Crippen LogP contribution in [0.15, 0.2) is 82.3 Å². The van der Waals surface area contributed by atoms with Crippen LogP contribution in [-0.2, 0) is 0 Å². The fraction of sp³-hybridized carbons (Fsp3) is 0.0435. The molecule has 0 bridgehead atoms. The van der Waals surface area contributed by atoms with Crippen molar-refractivity contribution < 1.29 is 9.66 Å². The number of nitro benzene ring substituents is 1. The van der Waals surface area contributed by atoms with Gasteiger partial charge in [-0.15, -0.1) is 0 Å². The van der Waals surface area contributed by atoms with Crippen LogP contribution < -0.4 is 4.74 Å². The number of thiazole rings is 1. The summed E-state index contributed by atoms with van der Waals surface area (Å²) < 4.78 is 6.22. The van der Waals surface area contributed by atoms with Crippen molar-refractivity contribution in [3.8, 4) is 27.4 Å². The average molecular weight is 494 g/mol. The summed E-state index contributed by atoms with van der Waals surface area (Å²) in [6.45, 7) is 0. The molecule has 0 aliphatic rings. The molecule has 0 saturated carbocycles. The lowest BCUT2D eigenvalue weighted by molar-refractivity contribution is -0.384. The second-order valence-electron chi connectivity index (χ2n) is 6.52. The number of aliphatic imine (C=N–C) groups is 1. The second-order valence-corrected chi connectivity index (χ2v) is 8.41. The van der Waals surface area contributed by atoms with E-state index < -0.39 is 4.92 Å². The van der Waals surface area contributed by atoms with Crippen LogP contribution in [0.3, 0.4) is 0 Å².